The van der Waals surface area contributed by atoms with Crippen LogP contribution < -0.4 is 5.32 Å². The molecule has 84 valence electrons. The molecule has 16 heavy (non-hydrogen) atoms. The molecule has 0 bridgehead atoms. The molecular formula is C12H11BrClNS. The second kappa shape index (κ2) is 5.32. The Hall–Kier alpha value is -0.350. The molecule has 1 aromatic heterocycles. The molecule has 0 radical (unpaired) electrons. The van der Waals surface area contributed by atoms with Crippen LogP contribution in [0.2, 0.25) is 5.02 Å². The van der Waals surface area contributed by atoms with E-state index in [9.17, 15) is 0 Å². The number of fused-ring (bicyclic) bond motifs is 1. The molecule has 1 nitrogen and oxygen atoms in total. The molecule has 4 heteroatoms. The summed E-state index contributed by atoms with van der Waals surface area (Å²) in [5.41, 5.74) is 0. The molecule has 0 amide bonds. The highest BCUT2D eigenvalue weighted by Gasteiger charge is 2.08. The van der Waals surface area contributed by atoms with E-state index in [1.807, 2.05) is 12.1 Å². The van der Waals surface area contributed by atoms with Crippen molar-refractivity contribution in [3.8, 4) is 0 Å². The van der Waals surface area contributed by atoms with E-state index in [-0.39, 0.29) is 0 Å². The van der Waals surface area contributed by atoms with Crippen molar-refractivity contribution >= 4 is 49.0 Å². The summed E-state index contributed by atoms with van der Waals surface area (Å²) < 4.78 is 2.19. The van der Waals surface area contributed by atoms with E-state index in [0.717, 1.165) is 28.0 Å². The van der Waals surface area contributed by atoms with Gasteiger partial charge in [-0.1, -0.05) is 52.3 Å². The zero-order chi connectivity index (χ0) is 11.5. The Morgan fingerprint density at radius 3 is 2.88 bits per heavy atom. The smallest absolute Gasteiger partial charge is 0.0636 e. The fraction of sp³-hybridized carbons (Fsp3) is 0.167. The van der Waals surface area contributed by atoms with Gasteiger partial charge in [0.05, 0.1) is 5.02 Å². The minimum atomic E-state index is 0.755. The molecule has 0 fully saturated rings. The molecule has 0 aliphatic heterocycles. The van der Waals surface area contributed by atoms with Gasteiger partial charge in [0.25, 0.3) is 0 Å². The van der Waals surface area contributed by atoms with Crippen molar-refractivity contribution in [3.05, 3.63) is 45.2 Å². The largest absolute Gasteiger partial charge is 0.307 e. The first-order valence-corrected chi connectivity index (χ1v) is 6.87. The number of hydrogen-bond donors (Lipinski definition) is 1. The van der Waals surface area contributed by atoms with Crippen LogP contribution >= 0.6 is 38.9 Å². The molecular weight excluding hydrogens is 306 g/mol. The zero-order valence-electron chi connectivity index (χ0n) is 8.59. The molecule has 0 aliphatic rings. The molecule has 1 aromatic carbocycles. The predicted molar refractivity (Wildman–Crippen MR) is 76.6 cm³/mol. The van der Waals surface area contributed by atoms with E-state index >= 15 is 0 Å². The number of hydrogen-bond acceptors (Lipinski definition) is 2. The predicted octanol–water partition coefficient (Wildman–Crippen LogP) is 4.55. The molecule has 0 aliphatic carbocycles. The van der Waals surface area contributed by atoms with E-state index in [4.69, 9.17) is 11.6 Å². The van der Waals surface area contributed by atoms with Crippen molar-refractivity contribution in [2.24, 2.45) is 0 Å². The van der Waals surface area contributed by atoms with Gasteiger partial charge in [0.15, 0.2) is 0 Å². The molecule has 0 atom stereocenters. The third-order valence-corrected chi connectivity index (χ3v) is 4.20. The van der Waals surface area contributed by atoms with E-state index in [0.29, 0.717) is 0 Å². The average Bonchev–Trinajstić information content (AvgIpc) is 2.56. The van der Waals surface area contributed by atoms with Gasteiger partial charge < -0.3 is 5.32 Å². The van der Waals surface area contributed by atoms with Gasteiger partial charge in [-0.05, 0) is 6.07 Å². The van der Waals surface area contributed by atoms with Crippen molar-refractivity contribution in [1.82, 2.24) is 5.32 Å². The van der Waals surface area contributed by atoms with Gasteiger partial charge in [-0.15, -0.1) is 11.3 Å². The summed E-state index contributed by atoms with van der Waals surface area (Å²) in [5, 5.41) is 5.29. The van der Waals surface area contributed by atoms with Crippen LogP contribution in [-0.2, 0) is 6.54 Å². The Labute approximate surface area is 112 Å². The maximum absolute atomic E-state index is 6.31. The quantitative estimate of drug-likeness (QED) is 0.872. The monoisotopic (exact) mass is 315 g/mol. The Morgan fingerprint density at radius 2 is 2.19 bits per heavy atom. The lowest BCUT2D eigenvalue weighted by Gasteiger charge is -2.01. The number of thiophene rings is 1. The van der Waals surface area contributed by atoms with Crippen LogP contribution in [0.1, 0.15) is 4.88 Å². The van der Waals surface area contributed by atoms with E-state index in [2.05, 4.69) is 40.0 Å². The van der Waals surface area contributed by atoms with Crippen LogP contribution in [0.25, 0.3) is 10.1 Å². The van der Waals surface area contributed by atoms with Crippen LogP contribution in [0, 0.1) is 0 Å². The van der Waals surface area contributed by atoms with Crippen LogP contribution in [0.5, 0.6) is 0 Å². The summed E-state index contributed by atoms with van der Waals surface area (Å²) in [5.74, 6) is 0. The second-order valence-corrected chi connectivity index (χ2v) is 6.09. The normalized spacial score (nSPS) is 10.9. The minimum absolute atomic E-state index is 0.755. The van der Waals surface area contributed by atoms with Crippen LogP contribution in [-0.4, -0.2) is 6.54 Å². The van der Waals surface area contributed by atoms with Crippen LogP contribution in [0.3, 0.4) is 0 Å². The topological polar surface area (TPSA) is 12.0 Å². The summed E-state index contributed by atoms with van der Waals surface area (Å²) in [4.78, 5) is 1.18. The molecule has 1 N–H and O–H groups in total. The SMILES string of the molecule is C=C(Br)CNCc1sc2ccccc2c1Cl. The zero-order valence-corrected chi connectivity index (χ0v) is 11.8. The fourth-order valence-electron chi connectivity index (χ4n) is 1.49. The Balaban J connectivity index is 2.18. The standard InChI is InChI=1S/C12H11BrClNS/c1-8(13)6-15-7-11-12(14)9-4-2-3-5-10(9)16-11/h2-5,15H,1,6-7H2. The highest BCUT2D eigenvalue weighted by Crippen LogP contribution is 2.34. The lowest BCUT2D eigenvalue weighted by atomic mass is 10.2. The Morgan fingerprint density at radius 1 is 1.44 bits per heavy atom. The average molecular weight is 317 g/mol. The highest BCUT2D eigenvalue weighted by atomic mass is 79.9. The number of nitrogens with one attached hydrogen (secondary N) is 1. The summed E-state index contributed by atoms with van der Waals surface area (Å²) in [7, 11) is 0. The van der Waals surface area contributed by atoms with Crippen molar-refractivity contribution in [3.63, 3.8) is 0 Å². The summed E-state index contributed by atoms with van der Waals surface area (Å²) in [6.45, 7) is 5.31. The van der Waals surface area contributed by atoms with E-state index < -0.39 is 0 Å². The van der Waals surface area contributed by atoms with E-state index in [1.54, 1.807) is 11.3 Å². The minimum Gasteiger partial charge on any atom is -0.307 e. The maximum Gasteiger partial charge on any atom is 0.0636 e. The summed E-state index contributed by atoms with van der Waals surface area (Å²) in [6.07, 6.45) is 0. The lowest BCUT2D eigenvalue weighted by Crippen LogP contribution is -2.13. The molecule has 2 aromatic rings. The van der Waals surface area contributed by atoms with Crippen LogP contribution in [0.15, 0.2) is 35.3 Å². The molecule has 2 rings (SSSR count). The first-order chi connectivity index (χ1) is 7.68. The van der Waals surface area contributed by atoms with Gasteiger partial charge in [0.2, 0.25) is 0 Å². The van der Waals surface area contributed by atoms with Gasteiger partial charge in [-0.2, -0.15) is 0 Å². The van der Waals surface area contributed by atoms with Crippen LogP contribution in [0.4, 0.5) is 0 Å². The lowest BCUT2D eigenvalue weighted by molar-refractivity contribution is 0.768. The first kappa shape index (κ1) is 12.1. The fourth-order valence-corrected chi connectivity index (χ4v) is 3.16. The highest BCUT2D eigenvalue weighted by molar-refractivity contribution is 9.11. The van der Waals surface area contributed by atoms with Crippen molar-refractivity contribution in [2.75, 3.05) is 6.54 Å². The van der Waals surface area contributed by atoms with Gasteiger partial charge in [0.1, 0.15) is 0 Å². The maximum atomic E-state index is 6.31. The summed E-state index contributed by atoms with van der Waals surface area (Å²) >= 11 is 11.4. The van der Waals surface area contributed by atoms with Crippen molar-refractivity contribution in [2.45, 2.75) is 6.54 Å². The molecule has 0 unspecified atom stereocenters. The van der Waals surface area contributed by atoms with Crippen molar-refractivity contribution < 1.29 is 0 Å². The number of benzene rings is 1. The van der Waals surface area contributed by atoms with E-state index in [1.165, 1.54) is 9.58 Å². The Bertz CT molecular complexity index is 521. The Kier molecular flexibility index (Phi) is 4.03. The summed E-state index contributed by atoms with van der Waals surface area (Å²) in [6, 6.07) is 8.20. The molecule has 0 saturated heterocycles. The third-order valence-electron chi connectivity index (χ3n) is 2.20. The van der Waals surface area contributed by atoms with Crippen molar-refractivity contribution in [1.29, 1.82) is 0 Å². The molecule has 1 heterocycles. The third kappa shape index (κ3) is 2.66. The molecule has 0 spiro atoms. The van der Waals surface area contributed by atoms with Gasteiger partial charge >= 0.3 is 0 Å². The molecule has 0 saturated carbocycles. The first-order valence-electron chi connectivity index (χ1n) is 4.88. The van der Waals surface area contributed by atoms with Gasteiger partial charge in [0, 0.05) is 32.5 Å². The second-order valence-electron chi connectivity index (χ2n) is 3.46. The van der Waals surface area contributed by atoms with Gasteiger partial charge in [-0.3, -0.25) is 0 Å². The van der Waals surface area contributed by atoms with Gasteiger partial charge in [-0.25, -0.2) is 0 Å². The number of halogens is 2. The number of rotatable bonds is 4.